The van der Waals surface area contributed by atoms with Crippen LogP contribution in [0.1, 0.15) is 68.8 Å². The molecule has 2 aliphatic heterocycles. The van der Waals surface area contributed by atoms with E-state index in [2.05, 4.69) is 5.32 Å². The lowest BCUT2D eigenvalue weighted by molar-refractivity contribution is -0.138. The van der Waals surface area contributed by atoms with Crippen molar-refractivity contribution in [2.24, 2.45) is 0 Å². The molecule has 1 aromatic rings. The van der Waals surface area contributed by atoms with Crippen LogP contribution in [0, 0.1) is 0 Å². The highest BCUT2D eigenvalue weighted by Crippen LogP contribution is 2.44. The van der Waals surface area contributed by atoms with Crippen LogP contribution in [0.5, 0.6) is 5.75 Å². The first-order valence-corrected chi connectivity index (χ1v) is 12.3. The Morgan fingerprint density at radius 3 is 2.61 bits per heavy atom. The van der Waals surface area contributed by atoms with Crippen molar-refractivity contribution in [3.05, 3.63) is 23.3 Å². The molecule has 2 amide bonds. The molecule has 7 nitrogen and oxygen atoms in total. The molecule has 0 aliphatic carbocycles. The number of unbranched alkanes of at least 4 members (excludes halogenated alkanes) is 1. The number of methoxy groups -OCH3 is 1. The molecule has 3 rings (SSSR count). The third-order valence-corrected chi connectivity index (χ3v) is 6.47. The van der Waals surface area contributed by atoms with Gasteiger partial charge in [-0.05, 0) is 64.6 Å². The molecule has 1 atom stereocenters. The summed E-state index contributed by atoms with van der Waals surface area (Å²) in [6.45, 7) is 7.47. The lowest BCUT2D eigenvalue weighted by atomic mass is 9.97. The number of amides is 2. The van der Waals surface area contributed by atoms with Crippen molar-refractivity contribution in [1.82, 2.24) is 10.2 Å². The van der Waals surface area contributed by atoms with Gasteiger partial charge in [0.2, 0.25) is 0 Å². The van der Waals surface area contributed by atoms with Crippen LogP contribution < -0.4 is 15.0 Å². The normalized spacial score (nSPS) is 19.2. The summed E-state index contributed by atoms with van der Waals surface area (Å²) in [5.74, 6) is -1.08. The highest BCUT2D eigenvalue weighted by molar-refractivity contribution is 6.05. The van der Waals surface area contributed by atoms with Crippen molar-refractivity contribution >= 4 is 29.9 Å². The van der Waals surface area contributed by atoms with E-state index in [1.54, 1.807) is 12.0 Å². The standard InChI is InChI=1S/C25H36F3N3O4.ClH/c1-5-11-30(17-9-8-10-29-16-17)22(32)18-14-20-21(15-19(18)25(26,27)28)35-24(2,3)23(33)31(20)12-6-7-13-34-4;/h14-15,17,29H,5-13,16H2,1-4H3;1H/t17-;/m1./s1. The Kier molecular flexibility index (Phi) is 10.5. The number of nitrogens with zero attached hydrogens (tertiary/aromatic N) is 2. The summed E-state index contributed by atoms with van der Waals surface area (Å²) in [7, 11) is 1.58. The molecule has 2 aliphatic rings. The van der Waals surface area contributed by atoms with Gasteiger partial charge in [-0.1, -0.05) is 6.92 Å². The summed E-state index contributed by atoms with van der Waals surface area (Å²) in [6.07, 6.45) is -1.29. The van der Waals surface area contributed by atoms with E-state index in [0.717, 1.165) is 25.5 Å². The van der Waals surface area contributed by atoms with E-state index in [0.29, 0.717) is 39.0 Å². The minimum atomic E-state index is -4.76. The van der Waals surface area contributed by atoms with Crippen molar-refractivity contribution in [2.45, 2.75) is 70.7 Å². The fourth-order valence-corrected chi connectivity index (χ4v) is 4.71. The van der Waals surface area contributed by atoms with Crippen LogP contribution in [0.2, 0.25) is 0 Å². The number of fused-ring (bicyclic) bond motifs is 1. The van der Waals surface area contributed by atoms with Crippen molar-refractivity contribution < 1.29 is 32.2 Å². The third-order valence-electron chi connectivity index (χ3n) is 6.47. The minimum absolute atomic E-state index is 0. The van der Waals surface area contributed by atoms with Crippen LogP contribution in [0.15, 0.2) is 12.1 Å². The predicted octanol–water partition coefficient (Wildman–Crippen LogP) is 4.66. The number of carbonyl (C=O) groups excluding carboxylic acids is 2. The second-order valence-corrected chi connectivity index (χ2v) is 9.63. The number of ether oxygens (including phenoxy) is 2. The topological polar surface area (TPSA) is 71.1 Å². The second-order valence-electron chi connectivity index (χ2n) is 9.63. The summed E-state index contributed by atoms with van der Waals surface area (Å²) in [5.41, 5.74) is -2.63. The monoisotopic (exact) mass is 535 g/mol. The third kappa shape index (κ3) is 6.63. The zero-order chi connectivity index (χ0) is 25.8. The lowest BCUT2D eigenvalue weighted by Crippen LogP contribution is -2.53. The van der Waals surface area contributed by atoms with Crippen LogP contribution in [0.3, 0.4) is 0 Å². The quantitative estimate of drug-likeness (QED) is 0.466. The lowest BCUT2D eigenvalue weighted by Gasteiger charge is -2.40. The Hall–Kier alpha value is -2.04. The molecular weight excluding hydrogens is 499 g/mol. The van der Waals surface area contributed by atoms with Gasteiger partial charge in [0.15, 0.2) is 5.60 Å². The minimum Gasteiger partial charge on any atom is -0.476 e. The zero-order valence-electron chi connectivity index (χ0n) is 21.4. The highest BCUT2D eigenvalue weighted by atomic mass is 35.5. The molecule has 0 unspecified atom stereocenters. The second kappa shape index (κ2) is 12.5. The first-order chi connectivity index (χ1) is 16.5. The van der Waals surface area contributed by atoms with Crippen molar-refractivity contribution in [3.63, 3.8) is 0 Å². The van der Waals surface area contributed by atoms with E-state index in [-0.39, 0.29) is 42.3 Å². The van der Waals surface area contributed by atoms with Gasteiger partial charge in [-0.25, -0.2) is 0 Å². The fraction of sp³-hybridized carbons (Fsp3) is 0.680. The number of anilines is 1. The summed E-state index contributed by atoms with van der Waals surface area (Å²) >= 11 is 0. The highest BCUT2D eigenvalue weighted by Gasteiger charge is 2.45. The first-order valence-electron chi connectivity index (χ1n) is 12.3. The van der Waals surface area contributed by atoms with Crippen molar-refractivity contribution in [2.75, 3.05) is 44.8 Å². The fourth-order valence-electron chi connectivity index (χ4n) is 4.71. The molecule has 204 valence electrons. The van der Waals surface area contributed by atoms with Gasteiger partial charge in [-0.3, -0.25) is 9.59 Å². The van der Waals surface area contributed by atoms with Crippen LogP contribution >= 0.6 is 12.4 Å². The number of nitrogens with one attached hydrogen (secondary N) is 1. The summed E-state index contributed by atoms with van der Waals surface area (Å²) < 4.78 is 53.4. The van der Waals surface area contributed by atoms with E-state index in [1.165, 1.54) is 24.8 Å². The summed E-state index contributed by atoms with van der Waals surface area (Å²) in [4.78, 5) is 29.8. The molecule has 36 heavy (non-hydrogen) atoms. The number of halogens is 4. The molecule has 1 saturated heterocycles. The Balaban J connectivity index is 0.00000456. The van der Waals surface area contributed by atoms with E-state index in [1.807, 2.05) is 6.92 Å². The number of hydrogen-bond acceptors (Lipinski definition) is 5. The summed E-state index contributed by atoms with van der Waals surface area (Å²) in [6, 6.07) is 1.89. The molecule has 0 radical (unpaired) electrons. The van der Waals surface area contributed by atoms with Crippen LogP contribution in [-0.4, -0.2) is 68.3 Å². The van der Waals surface area contributed by atoms with Gasteiger partial charge >= 0.3 is 6.18 Å². The van der Waals surface area contributed by atoms with E-state index >= 15 is 0 Å². The van der Waals surface area contributed by atoms with E-state index < -0.39 is 28.8 Å². The number of carbonyl (C=O) groups is 2. The van der Waals surface area contributed by atoms with Crippen molar-refractivity contribution in [3.8, 4) is 5.75 Å². The zero-order valence-corrected chi connectivity index (χ0v) is 22.2. The molecule has 1 aromatic carbocycles. The maximum atomic E-state index is 14.2. The molecule has 1 fully saturated rings. The van der Waals surface area contributed by atoms with Crippen molar-refractivity contribution in [1.29, 1.82) is 0 Å². The number of rotatable bonds is 9. The van der Waals surface area contributed by atoms with Gasteiger partial charge < -0.3 is 24.6 Å². The average molecular weight is 536 g/mol. The Morgan fingerprint density at radius 1 is 1.31 bits per heavy atom. The molecule has 11 heteroatoms. The molecule has 0 bridgehead atoms. The predicted molar refractivity (Wildman–Crippen MR) is 134 cm³/mol. The number of alkyl halides is 3. The molecule has 0 saturated carbocycles. The SMILES string of the molecule is CCCN(C(=O)c1cc2c(cc1C(F)(F)F)OC(C)(C)C(=O)N2CCCCOC)[C@@H]1CCCNC1.Cl. The molecule has 0 aromatic heterocycles. The van der Waals surface area contributed by atoms with Gasteiger partial charge in [-0.2, -0.15) is 13.2 Å². The first kappa shape index (κ1) is 30.2. The number of hydrogen-bond donors (Lipinski definition) is 1. The van der Waals surface area contributed by atoms with Crippen LogP contribution in [-0.2, 0) is 15.7 Å². The number of benzene rings is 1. The van der Waals surface area contributed by atoms with Gasteiger partial charge in [0.25, 0.3) is 11.8 Å². The van der Waals surface area contributed by atoms with Crippen LogP contribution in [0.4, 0.5) is 18.9 Å². The largest absolute Gasteiger partial charge is 0.476 e. The number of piperidine rings is 1. The van der Waals surface area contributed by atoms with E-state index in [9.17, 15) is 22.8 Å². The molecule has 2 heterocycles. The maximum absolute atomic E-state index is 14.2. The Morgan fingerprint density at radius 2 is 2.03 bits per heavy atom. The van der Waals surface area contributed by atoms with Crippen LogP contribution in [0.25, 0.3) is 0 Å². The van der Waals surface area contributed by atoms with Gasteiger partial charge in [0.1, 0.15) is 5.75 Å². The van der Waals surface area contributed by atoms with E-state index in [4.69, 9.17) is 9.47 Å². The molecular formula is C25H37ClF3N3O4. The molecule has 0 spiro atoms. The summed E-state index contributed by atoms with van der Waals surface area (Å²) in [5, 5.41) is 3.23. The Bertz CT molecular complexity index is 921. The van der Waals surface area contributed by atoms with Gasteiger partial charge in [0.05, 0.1) is 16.8 Å². The Labute approximate surface area is 217 Å². The smallest absolute Gasteiger partial charge is 0.417 e. The van der Waals surface area contributed by atoms with Gasteiger partial charge in [0, 0.05) is 39.4 Å². The average Bonchev–Trinajstić information content (AvgIpc) is 2.81. The maximum Gasteiger partial charge on any atom is 0.417 e. The van der Waals surface area contributed by atoms with Gasteiger partial charge in [-0.15, -0.1) is 12.4 Å². The molecule has 1 N–H and O–H groups in total.